The Hall–Kier alpha value is -1.79. The number of ether oxygens (including phenoxy) is 2. The number of rotatable bonds is 3. The van der Waals surface area contributed by atoms with E-state index in [4.69, 9.17) is 9.47 Å². The van der Waals surface area contributed by atoms with Crippen LogP contribution in [0.2, 0.25) is 0 Å². The van der Waals surface area contributed by atoms with E-state index in [1.165, 1.54) is 0 Å². The zero-order valence-electron chi connectivity index (χ0n) is 13.6. The lowest BCUT2D eigenvalue weighted by Crippen LogP contribution is -2.72. The van der Waals surface area contributed by atoms with Gasteiger partial charge in [-0.3, -0.25) is 9.69 Å². The lowest BCUT2D eigenvalue weighted by Gasteiger charge is -2.52. The molecule has 2 bridgehead atoms. The summed E-state index contributed by atoms with van der Waals surface area (Å²) in [6.07, 6.45) is 0. The highest BCUT2D eigenvalue weighted by molar-refractivity contribution is 5.94. The van der Waals surface area contributed by atoms with E-state index in [0.717, 1.165) is 55.2 Å². The van der Waals surface area contributed by atoms with E-state index in [9.17, 15) is 4.79 Å². The topological polar surface area (TPSA) is 50.8 Å². The highest BCUT2D eigenvalue weighted by atomic mass is 16.6. The van der Waals surface area contributed by atoms with E-state index in [1.807, 2.05) is 18.2 Å². The Morgan fingerprint density at radius 1 is 1.13 bits per heavy atom. The maximum absolute atomic E-state index is 12.7. The molecule has 1 N–H and O–H groups in total. The highest BCUT2D eigenvalue weighted by Gasteiger charge is 2.45. The maximum Gasteiger partial charge on any atom is 0.282 e. The van der Waals surface area contributed by atoms with E-state index < -0.39 is 0 Å². The van der Waals surface area contributed by atoms with Crippen molar-refractivity contribution in [2.75, 3.05) is 57.8 Å². The predicted octanol–water partition coefficient (Wildman–Crippen LogP) is 0.931. The Bertz CT molecular complexity index is 597. The molecule has 1 aromatic carbocycles. The summed E-state index contributed by atoms with van der Waals surface area (Å²) in [5.41, 5.74) is 0.778. The van der Waals surface area contributed by atoms with Gasteiger partial charge in [0.2, 0.25) is 0 Å². The molecule has 0 aromatic heterocycles. The van der Waals surface area contributed by atoms with Crippen molar-refractivity contribution in [1.29, 1.82) is 0 Å². The van der Waals surface area contributed by atoms with Crippen LogP contribution in [0.1, 0.15) is 6.92 Å². The second-order valence-electron chi connectivity index (χ2n) is 6.75. The zero-order valence-corrected chi connectivity index (χ0v) is 13.6. The molecule has 6 nitrogen and oxygen atoms in total. The van der Waals surface area contributed by atoms with Crippen molar-refractivity contribution in [3.8, 4) is 11.5 Å². The molecule has 0 spiro atoms. The summed E-state index contributed by atoms with van der Waals surface area (Å²) >= 11 is 0. The number of carbonyl (C=O) groups excluding carboxylic acids is 1. The minimum Gasteiger partial charge on any atom is -0.486 e. The van der Waals surface area contributed by atoms with E-state index >= 15 is 0 Å². The first-order valence-corrected chi connectivity index (χ1v) is 8.45. The van der Waals surface area contributed by atoms with E-state index in [-0.39, 0.29) is 11.9 Å². The summed E-state index contributed by atoms with van der Waals surface area (Å²) in [7, 11) is 0. The molecule has 0 radical (unpaired) electrons. The molecule has 0 saturated carbocycles. The highest BCUT2D eigenvalue weighted by Crippen LogP contribution is 2.33. The molecule has 3 saturated heterocycles. The average molecular weight is 318 g/mol. The van der Waals surface area contributed by atoms with E-state index in [0.29, 0.717) is 19.0 Å². The molecular weight excluding hydrogens is 294 g/mol. The monoisotopic (exact) mass is 318 g/mol. The minimum absolute atomic E-state index is 0.0225. The molecule has 0 unspecified atom stereocenters. The Kier molecular flexibility index (Phi) is 3.66. The Morgan fingerprint density at radius 2 is 1.78 bits per heavy atom. The standard InChI is InChI=1S/C17H23N3O3/c1-13(20-7-4-19(5-8-20)6-9-20)17(21)18-14-2-3-15-16(12-14)23-11-10-22-15/h2-3,12-13H,4-11H2,1H3/p+1/t13-/m1/s1. The van der Waals surface area contributed by atoms with Crippen LogP contribution >= 0.6 is 0 Å². The van der Waals surface area contributed by atoms with Crippen molar-refractivity contribution in [3.05, 3.63) is 18.2 Å². The van der Waals surface area contributed by atoms with Crippen LogP contribution in [-0.4, -0.2) is 73.8 Å². The van der Waals surface area contributed by atoms with Gasteiger partial charge in [0.15, 0.2) is 17.5 Å². The molecule has 1 atom stereocenters. The van der Waals surface area contributed by atoms with Crippen LogP contribution in [-0.2, 0) is 4.79 Å². The number of quaternary nitrogens is 1. The number of piperazine rings is 3. The molecule has 4 heterocycles. The number of nitrogens with zero attached hydrogens (tertiary/aromatic N) is 2. The van der Waals surface area contributed by atoms with Crippen LogP contribution in [0, 0.1) is 0 Å². The number of amides is 1. The van der Waals surface area contributed by atoms with Gasteiger partial charge in [-0.25, -0.2) is 0 Å². The molecule has 4 aliphatic heterocycles. The van der Waals surface area contributed by atoms with Gasteiger partial charge in [-0.15, -0.1) is 0 Å². The molecule has 3 fully saturated rings. The van der Waals surface area contributed by atoms with Crippen LogP contribution in [0.5, 0.6) is 11.5 Å². The second-order valence-corrected chi connectivity index (χ2v) is 6.75. The third-order valence-electron chi connectivity index (χ3n) is 5.60. The quantitative estimate of drug-likeness (QED) is 0.843. The molecule has 5 rings (SSSR count). The third kappa shape index (κ3) is 2.66. The van der Waals surface area contributed by atoms with Crippen molar-refractivity contribution < 1.29 is 18.8 Å². The first kappa shape index (κ1) is 14.8. The number of anilines is 1. The summed E-state index contributed by atoms with van der Waals surface area (Å²) in [4.78, 5) is 15.2. The van der Waals surface area contributed by atoms with Gasteiger partial charge in [0, 0.05) is 31.4 Å². The maximum atomic E-state index is 12.7. The van der Waals surface area contributed by atoms with Gasteiger partial charge in [-0.2, -0.15) is 0 Å². The van der Waals surface area contributed by atoms with Gasteiger partial charge >= 0.3 is 0 Å². The number of carbonyl (C=O) groups is 1. The Balaban J connectivity index is 1.47. The zero-order chi connectivity index (χ0) is 15.9. The van der Waals surface area contributed by atoms with Gasteiger partial charge in [-0.1, -0.05) is 0 Å². The summed E-state index contributed by atoms with van der Waals surface area (Å²) in [6, 6.07) is 5.58. The first-order valence-electron chi connectivity index (χ1n) is 8.45. The lowest BCUT2D eigenvalue weighted by molar-refractivity contribution is -0.953. The normalized spacial score (nSPS) is 29.9. The van der Waals surface area contributed by atoms with Crippen LogP contribution in [0.15, 0.2) is 18.2 Å². The molecule has 23 heavy (non-hydrogen) atoms. The summed E-state index contributed by atoms with van der Waals surface area (Å²) in [5, 5.41) is 3.06. The Morgan fingerprint density at radius 3 is 2.48 bits per heavy atom. The number of hydrogen-bond acceptors (Lipinski definition) is 4. The van der Waals surface area contributed by atoms with Gasteiger partial charge in [0.05, 0.1) is 19.6 Å². The first-order chi connectivity index (χ1) is 11.2. The molecule has 124 valence electrons. The molecule has 4 aliphatic rings. The van der Waals surface area contributed by atoms with Gasteiger partial charge in [0.25, 0.3) is 5.91 Å². The van der Waals surface area contributed by atoms with Crippen LogP contribution in [0.25, 0.3) is 0 Å². The fraction of sp³-hybridized carbons (Fsp3) is 0.588. The number of fused-ring (bicyclic) bond motifs is 4. The average Bonchev–Trinajstić information content (AvgIpc) is 2.62. The van der Waals surface area contributed by atoms with Crippen molar-refractivity contribution in [2.45, 2.75) is 13.0 Å². The van der Waals surface area contributed by atoms with Crippen molar-refractivity contribution in [1.82, 2.24) is 4.90 Å². The largest absolute Gasteiger partial charge is 0.486 e. The molecular formula is C17H24N3O3+. The van der Waals surface area contributed by atoms with Crippen LogP contribution < -0.4 is 14.8 Å². The van der Waals surface area contributed by atoms with Crippen LogP contribution in [0.3, 0.4) is 0 Å². The Labute approximate surface area is 136 Å². The predicted molar refractivity (Wildman–Crippen MR) is 86.8 cm³/mol. The van der Waals surface area contributed by atoms with E-state index in [2.05, 4.69) is 17.1 Å². The van der Waals surface area contributed by atoms with Gasteiger partial charge in [-0.05, 0) is 19.1 Å². The fourth-order valence-corrected chi connectivity index (χ4v) is 3.89. The summed E-state index contributed by atoms with van der Waals surface area (Å²) in [5.74, 6) is 1.55. The number of benzene rings is 1. The fourth-order valence-electron chi connectivity index (χ4n) is 3.89. The third-order valence-corrected chi connectivity index (χ3v) is 5.60. The van der Waals surface area contributed by atoms with Gasteiger partial charge in [0.1, 0.15) is 13.2 Å². The lowest BCUT2D eigenvalue weighted by atomic mass is 10.1. The van der Waals surface area contributed by atoms with Crippen molar-refractivity contribution in [3.63, 3.8) is 0 Å². The van der Waals surface area contributed by atoms with Crippen molar-refractivity contribution >= 4 is 11.6 Å². The molecule has 6 heteroatoms. The number of hydrogen-bond donors (Lipinski definition) is 1. The second kappa shape index (κ2) is 5.69. The minimum atomic E-state index is -0.0225. The summed E-state index contributed by atoms with van der Waals surface area (Å²) in [6.45, 7) is 9.77. The molecule has 0 aliphatic carbocycles. The van der Waals surface area contributed by atoms with Crippen molar-refractivity contribution in [2.24, 2.45) is 0 Å². The van der Waals surface area contributed by atoms with Crippen LogP contribution in [0.4, 0.5) is 5.69 Å². The smallest absolute Gasteiger partial charge is 0.282 e. The molecule has 1 amide bonds. The number of nitrogens with one attached hydrogen (secondary N) is 1. The SMILES string of the molecule is C[C@H](C(=O)Nc1ccc2c(c1)OCCO2)[N+]12CCN(CC1)CC2. The van der Waals surface area contributed by atoms with Gasteiger partial charge < -0.3 is 19.3 Å². The summed E-state index contributed by atoms with van der Waals surface area (Å²) < 4.78 is 12.0. The molecule has 1 aromatic rings. The van der Waals surface area contributed by atoms with E-state index in [1.54, 1.807) is 0 Å².